The van der Waals surface area contributed by atoms with Crippen molar-refractivity contribution in [3.8, 4) is 0 Å². The molecular weight excluding hydrogens is 266 g/mol. The van der Waals surface area contributed by atoms with Gasteiger partial charge in [-0.05, 0) is 37.8 Å². The molecule has 0 spiro atoms. The van der Waals surface area contributed by atoms with Crippen LogP contribution < -0.4 is 5.32 Å². The lowest BCUT2D eigenvalue weighted by Gasteiger charge is -2.32. The van der Waals surface area contributed by atoms with Crippen LogP contribution in [0.5, 0.6) is 0 Å². The number of rotatable bonds is 3. The van der Waals surface area contributed by atoms with Gasteiger partial charge in [0.05, 0.1) is 31.0 Å². The third-order valence-electron chi connectivity index (χ3n) is 4.34. The van der Waals surface area contributed by atoms with E-state index < -0.39 is 0 Å². The molecule has 2 atom stereocenters. The van der Waals surface area contributed by atoms with E-state index >= 15 is 0 Å². The quantitative estimate of drug-likeness (QED) is 0.911. The summed E-state index contributed by atoms with van der Waals surface area (Å²) < 4.78 is 5.30. The number of fused-ring (bicyclic) bond motifs is 1. The molecule has 1 amide bonds. The number of hydrogen-bond donors (Lipinski definition) is 1. The number of nitrogens with zero attached hydrogens (tertiary/aromatic N) is 2. The summed E-state index contributed by atoms with van der Waals surface area (Å²) in [4.78, 5) is 18.9. The fourth-order valence-electron chi connectivity index (χ4n) is 3.20. The minimum Gasteiger partial charge on any atom is -0.378 e. The second-order valence-electron chi connectivity index (χ2n) is 5.82. The smallest absolute Gasteiger partial charge is 0.239 e. The van der Waals surface area contributed by atoms with Gasteiger partial charge in [0.1, 0.15) is 0 Å². The molecule has 1 fully saturated rings. The minimum absolute atomic E-state index is 0.168. The van der Waals surface area contributed by atoms with Gasteiger partial charge < -0.3 is 9.64 Å². The van der Waals surface area contributed by atoms with Crippen molar-refractivity contribution in [1.29, 1.82) is 0 Å². The fraction of sp³-hybridized carbons (Fsp3) is 0.625. The van der Waals surface area contributed by atoms with Crippen LogP contribution in [-0.2, 0) is 16.0 Å². The van der Waals surface area contributed by atoms with E-state index in [-0.39, 0.29) is 18.0 Å². The number of morpholine rings is 1. The predicted octanol–water partition coefficient (Wildman–Crippen LogP) is 1.30. The molecule has 114 valence electrons. The van der Waals surface area contributed by atoms with Crippen LogP contribution in [0, 0.1) is 0 Å². The Labute approximate surface area is 125 Å². The van der Waals surface area contributed by atoms with Gasteiger partial charge in [0, 0.05) is 19.3 Å². The molecule has 1 aromatic rings. The Bertz CT molecular complexity index is 500. The molecule has 1 saturated heterocycles. The highest BCUT2D eigenvalue weighted by molar-refractivity contribution is 5.81. The van der Waals surface area contributed by atoms with Gasteiger partial charge in [0.15, 0.2) is 0 Å². The lowest BCUT2D eigenvalue weighted by molar-refractivity contribution is -0.137. The van der Waals surface area contributed by atoms with Crippen molar-refractivity contribution in [2.45, 2.75) is 38.3 Å². The van der Waals surface area contributed by atoms with Gasteiger partial charge in [-0.1, -0.05) is 6.07 Å². The lowest BCUT2D eigenvalue weighted by atomic mass is 9.91. The summed E-state index contributed by atoms with van der Waals surface area (Å²) in [5, 5.41) is 3.48. The maximum atomic E-state index is 12.5. The van der Waals surface area contributed by atoms with E-state index in [0.29, 0.717) is 26.3 Å². The monoisotopic (exact) mass is 289 g/mol. The highest BCUT2D eigenvalue weighted by atomic mass is 16.5. The number of carbonyl (C=O) groups is 1. The highest BCUT2D eigenvalue weighted by Gasteiger charge is 2.27. The van der Waals surface area contributed by atoms with E-state index in [2.05, 4.69) is 16.4 Å². The van der Waals surface area contributed by atoms with Crippen molar-refractivity contribution >= 4 is 5.91 Å². The summed E-state index contributed by atoms with van der Waals surface area (Å²) >= 11 is 0. The molecule has 0 aromatic carbocycles. The first-order valence-corrected chi connectivity index (χ1v) is 7.82. The summed E-state index contributed by atoms with van der Waals surface area (Å²) in [6.07, 6.45) is 5.13. The Morgan fingerprint density at radius 2 is 2.29 bits per heavy atom. The summed E-state index contributed by atoms with van der Waals surface area (Å²) in [5.41, 5.74) is 2.43. The zero-order valence-electron chi connectivity index (χ0n) is 12.5. The van der Waals surface area contributed by atoms with E-state index in [1.54, 1.807) is 0 Å². The Kier molecular flexibility index (Phi) is 4.51. The van der Waals surface area contributed by atoms with Crippen LogP contribution in [0.2, 0.25) is 0 Å². The molecule has 1 aromatic heterocycles. The molecule has 5 heteroatoms. The third-order valence-corrected chi connectivity index (χ3v) is 4.34. The average Bonchev–Trinajstić information content (AvgIpc) is 2.55. The van der Waals surface area contributed by atoms with Crippen LogP contribution in [-0.4, -0.2) is 48.1 Å². The average molecular weight is 289 g/mol. The molecule has 0 saturated carbocycles. The van der Waals surface area contributed by atoms with Gasteiger partial charge in [-0.3, -0.25) is 15.1 Å². The molecule has 0 bridgehead atoms. The van der Waals surface area contributed by atoms with Crippen LogP contribution in [0.3, 0.4) is 0 Å². The second-order valence-corrected chi connectivity index (χ2v) is 5.82. The lowest BCUT2D eigenvalue weighted by Crippen LogP contribution is -2.50. The number of pyridine rings is 1. The van der Waals surface area contributed by atoms with Gasteiger partial charge >= 0.3 is 0 Å². The largest absolute Gasteiger partial charge is 0.378 e. The molecule has 2 aliphatic rings. The Morgan fingerprint density at radius 3 is 3.10 bits per heavy atom. The van der Waals surface area contributed by atoms with Gasteiger partial charge in [0.2, 0.25) is 5.91 Å². The maximum Gasteiger partial charge on any atom is 0.239 e. The molecule has 2 heterocycles. The summed E-state index contributed by atoms with van der Waals surface area (Å²) in [5.74, 6) is 0.168. The van der Waals surface area contributed by atoms with Crippen molar-refractivity contribution in [2.75, 3.05) is 26.3 Å². The molecule has 2 unspecified atom stereocenters. The van der Waals surface area contributed by atoms with E-state index in [1.165, 1.54) is 5.56 Å². The number of nitrogens with one attached hydrogen (secondary N) is 1. The number of hydrogen-bond acceptors (Lipinski definition) is 4. The Hall–Kier alpha value is -1.46. The van der Waals surface area contributed by atoms with Gasteiger partial charge in [-0.15, -0.1) is 0 Å². The van der Waals surface area contributed by atoms with Crippen LogP contribution in [0.1, 0.15) is 37.1 Å². The van der Waals surface area contributed by atoms with E-state index in [1.807, 2.05) is 24.1 Å². The SMILES string of the molecule is CC(NC1CCCc2cccnc21)C(=O)N1CCOCC1. The van der Waals surface area contributed by atoms with Gasteiger partial charge in [-0.25, -0.2) is 0 Å². The first-order chi connectivity index (χ1) is 10.3. The zero-order chi connectivity index (χ0) is 14.7. The molecule has 1 N–H and O–H groups in total. The van der Waals surface area contributed by atoms with Crippen molar-refractivity contribution in [3.05, 3.63) is 29.6 Å². The fourth-order valence-corrected chi connectivity index (χ4v) is 3.20. The number of aromatic nitrogens is 1. The van der Waals surface area contributed by atoms with E-state index in [0.717, 1.165) is 25.0 Å². The molecule has 1 aliphatic carbocycles. The van der Waals surface area contributed by atoms with Crippen LogP contribution >= 0.6 is 0 Å². The second kappa shape index (κ2) is 6.54. The maximum absolute atomic E-state index is 12.5. The summed E-state index contributed by atoms with van der Waals surface area (Å²) in [7, 11) is 0. The molecule has 3 rings (SSSR count). The van der Waals surface area contributed by atoms with Crippen LogP contribution in [0.4, 0.5) is 0 Å². The third kappa shape index (κ3) is 3.24. The van der Waals surface area contributed by atoms with E-state index in [9.17, 15) is 4.79 Å². The van der Waals surface area contributed by atoms with Crippen molar-refractivity contribution in [2.24, 2.45) is 0 Å². The van der Waals surface area contributed by atoms with Gasteiger partial charge in [-0.2, -0.15) is 0 Å². The predicted molar refractivity (Wildman–Crippen MR) is 79.9 cm³/mol. The highest BCUT2D eigenvalue weighted by Crippen LogP contribution is 2.28. The standard InChI is InChI=1S/C16H23N3O2/c1-12(16(20)19-8-10-21-11-9-19)18-14-6-2-4-13-5-3-7-17-15(13)14/h3,5,7,12,14,18H,2,4,6,8-11H2,1H3. The molecule has 5 nitrogen and oxygen atoms in total. The number of aryl methyl sites for hydroxylation is 1. The van der Waals surface area contributed by atoms with Crippen molar-refractivity contribution in [3.63, 3.8) is 0 Å². The Morgan fingerprint density at radius 1 is 1.48 bits per heavy atom. The van der Waals surface area contributed by atoms with Crippen LogP contribution in [0.25, 0.3) is 0 Å². The molecule has 0 radical (unpaired) electrons. The van der Waals surface area contributed by atoms with E-state index in [4.69, 9.17) is 4.74 Å². The number of ether oxygens (including phenoxy) is 1. The molecular formula is C16H23N3O2. The summed E-state index contributed by atoms with van der Waals surface area (Å²) in [6.45, 7) is 4.64. The molecule has 21 heavy (non-hydrogen) atoms. The Balaban J connectivity index is 1.65. The van der Waals surface area contributed by atoms with Crippen molar-refractivity contribution < 1.29 is 9.53 Å². The first kappa shape index (κ1) is 14.5. The van der Waals surface area contributed by atoms with Crippen LogP contribution in [0.15, 0.2) is 18.3 Å². The first-order valence-electron chi connectivity index (χ1n) is 7.82. The number of amides is 1. The number of carbonyl (C=O) groups excluding carboxylic acids is 1. The normalized spacial score (nSPS) is 23.5. The van der Waals surface area contributed by atoms with Gasteiger partial charge in [0.25, 0.3) is 0 Å². The zero-order valence-corrected chi connectivity index (χ0v) is 12.5. The topological polar surface area (TPSA) is 54.5 Å². The summed E-state index contributed by atoms with van der Waals surface area (Å²) in [6, 6.07) is 4.14. The van der Waals surface area contributed by atoms with Crippen molar-refractivity contribution in [1.82, 2.24) is 15.2 Å². The minimum atomic E-state index is -0.180. The molecule has 1 aliphatic heterocycles.